The van der Waals surface area contributed by atoms with Crippen LogP contribution in [-0.2, 0) is 7.05 Å². The highest BCUT2D eigenvalue weighted by atomic mass is 16.1. The van der Waals surface area contributed by atoms with E-state index in [2.05, 4.69) is 10.1 Å². The molecule has 5 heteroatoms. The molecule has 0 radical (unpaired) electrons. The first-order valence-corrected chi connectivity index (χ1v) is 4.43. The van der Waals surface area contributed by atoms with Crippen LogP contribution >= 0.6 is 0 Å². The van der Waals surface area contributed by atoms with Gasteiger partial charge in [0.1, 0.15) is 11.5 Å². The second kappa shape index (κ2) is 3.53. The number of carbonyl (C=O) groups excluding carboxylic acids is 1. The lowest BCUT2D eigenvalue weighted by Gasteiger charge is -2.00. The summed E-state index contributed by atoms with van der Waals surface area (Å²) < 4.78 is 1.57. The second-order valence-corrected chi connectivity index (χ2v) is 3.14. The summed E-state index contributed by atoms with van der Waals surface area (Å²) in [4.78, 5) is 15.7. The van der Waals surface area contributed by atoms with Crippen molar-refractivity contribution in [3.63, 3.8) is 0 Å². The summed E-state index contributed by atoms with van der Waals surface area (Å²) >= 11 is 0. The number of hydrogen-bond donors (Lipinski definition) is 1. The molecule has 0 saturated carbocycles. The van der Waals surface area contributed by atoms with Crippen molar-refractivity contribution < 1.29 is 4.79 Å². The Labute approximate surface area is 86.5 Å². The molecule has 2 heterocycles. The van der Waals surface area contributed by atoms with Crippen LogP contribution in [0.25, 0.3) is 0 Å². The molecule has 2 N–H and O–H groups in total. The molecule has 0 fully saturated rings. The van der Waals surface area contributed by atoms with Gasteiger partial charge in [-0.05, 0) is 18.2 Å². The lowest BCUT2D eigenvalue weighted by atomic mass is 10.1. The molecule has 2 aromatic heterocycles. The molecular formula is C10H10N4O. The molecule has 0 unspecified atom stereocenters. The van der Waals surface area contributed by atoms with Gasteiger partial charge in [0.25, 0.3) is 0 Å². The lowest BCUT2D eigenvalue weighted by molar-refractivity contribution is 0.103. The molecule has 2 aromatic rings. The number of anilines is 1. The third kappa shape index (κ3) is 1.71. The number of pyridine rings is 1. The molecule has 0 aromatic carbocycles. The standard InChI is InChI=1S/C10H10N4O/c1-14-6-4-8(13-14)9(15)7-3-2-5-12-10(7)11/h2-6H,1H3,(H2,11,12). The normalized spacial score (nSPS) is 10.2. The second-order valence-electron chi connectivity index (χ2n) is 3.14. The molecule has 15 heavy (non-hydrogen) atoms. The lowest BCUT2D eigenvalue weighted by Crippen LogP contribution is -2.07. The van der Waals surface area contributed by atoms with E-state index in [0.717, 1.165) is 0 Å². The summed E-state index contributed by atoms with van der Waals surface area (Å²) in [5.74, 6) is 0.0225. The van der Waals surface area contributed by atoms with E-state index < -0.39 is 0 Å². The maximum Gasteiger partial charge on any atom is 0.216 e. The van der Waals surface area contributed by atoms with Crippen molar-refractivity contribution in [3.8, 4) is 0 Å². The van der Waals surface area contributed by atoms with Crippen molar-refractivity contribution in [2.45, 2.75) is 0 Å². The van der Waals surface area contributed by atoms with E-state index in [1.807, 2.05) is 0 Å². The average Bonchev–Trinajstić information content (AvgIpc) is 2.65. The van der Waals surface area contributed by atoms with Crippen LogP contribution < -0.4 is 5.73 Å². The average molecular weight is 202 g/mol. The highest BCUT2D eigenvalue weighted by Gasteiger charge is 2.14. The maximum absolute atomic E-state index is 11.9. The summed E-state index contributed by atoms with van der Waals surface area (Å²) in [7, 11) is 1.75. The van der Waals surface area contributed by atoms with Crippen molar-refractivity contribution in [1.82, 2.24) is 14.8 Å². The van der Waals surface area contributed by atoms with Crippen LogP contribution in [0.3, 0.4) is 0 Å². The molecule has 0 amide bonds. The number of hydrogen-bond acceptors (Lipinski definition) is 4. The number of carbonyl (C=O) groups is 1. The molecule has 0 aliphatic heterocycles. The number of aromatic nitrogens is 3. The number of nitrogens with zero attached hydrogens (tertiary/aromatic N) is 3. The van der Waals surface area contributed by atoms with E-state index in [1.165, 1.54) is 0 Å². The molecule has 0 atom stereocenters. The number of aryl methyl sites for hydroxylation is 1. The van der Waals surface area contributed by atoms with Crippen LogP contribution in [0, 0.1) is 0 Å². The van der Waals surface area contributed by atoms with E-state index >= 15 is 0 Å². The van der Waals surface area contributed by atoms with Gasteiger partial charge < -0.3 is 5.73 Å². The van der Waals surface area contributed by atoms with Gasteiger partial charge in [-0.3, -0.25) is 9.48 Å². The third-order valence-electron chi connectivity index (χ3n) is 2.03. The zero-order valence-corrected chi connectivity index (χ0v) is 8.21. The minimum atomic E-state index is -0.207. The number of nitrogen functional groups attached to an aromatic ring is 1. The summed E-state index contributed by atoms with van der Waals surface area (Å²) in [5, 5.41) is 4.01. The van der Waals surface area contributed by atoms with Crippen LogP contribution in [0.15, 0.2) is 30.6 Å². The molecule has 2 rings (SSSR count). The molecule has 76 valence electrons. The molecule has 0 aliphatic rings. The van der Waals surface area contributed by atoms with Crippen LogP contribution in [0.2, 0.25) is 0 Å². The monoisotopic (exact) mass is 202 g/mol. The highest BCUT2D eigenvalue weighted by Crippen LogP contribution is 2.12. The third-order valence-corrected chi connectivity index (χ3v) is 2.03. The Kier molecular flexibility index (Phi) is 2.21. The van der Waals surface area contributed by atoms with Crippen LogP contribution in [0.1, 0.15) is 16.1 Å². The van der Waals surface area contributed by atoms with Gasteiger partial charge in [-0.1, -0.05) is 0 Å². The number of rotatable bonds is 2. The first-order valence-electron chi connectivity index (χ1n) is 4.43. The molecule has 0 spiro atoms. The molecule has 5 nitrogen and oxygen atoms in total. The summed E-state index contributed by atoms with van der Waals surface area (Å²) in [6, 6.07) is 4.96. The Morgan fingerprint density at radius 2 is 2.27 bits per heavy atom. The smallest absolute Gasteiger partial charge is 0.216 e. The summed E-state index contributed by atoms with van der Waals surface area (Å²) in [6.07, 6.45) is 3.25. The van der Waals surface area contributed by atoms with Gasteiger partial charge in [-0.25, -0.2) is 4.98 Å². The zero-order chi connectivity index (χ0) is 10.8. The fraction of sp³-hybridized carbons (Fsp3) is 0.100. The number of nitrogens with two attached hydrogens (primary N) is 1. The first-order chi connectivity index (χ1) is 7.18. The summed E-state index contributed by atoms with van der Waals surface area (Å²) in [5.41, 5.74) is 6.36. The van der Waals surface area contributed by atoms with Crippen LogP contribution in [-0.4, -0.2) is 20.5 Å². The van der Waals surface area contributed by atoms with Gasteiger partial charge in [0, 0.05) is 19.4 Å². The van der Waals surface area contributed by atoms with E-state index in [0.29, 0.717) is 11.3 Å². The van der Waals surface area contributed by atoms with Crippen molar-refractivity contribution >= 4 is 11.6 Å². The molecule has 0 saturated heterocycles. The summed E-state index contributed by atoms with van der Waals surface area (Å²) in [6.45, 7) is 0. The molecular weight excluding hydrogens is 192 g/mol. The maximum atomic E-state index is 11.9. The predicted octanol–water partition coefficient (Wildman–Crippen LogP) is 0.628. The Bertz CT molecular complexity index is 504. The fourth-order valence-electron chi connectivity index (χ4n) is 1.28. The van der Waals surface area contributed by atoms with Crippen LogP contribution in [0.4, 0.5) is 5.82 Å². The Hall–Kier alpha value is -2.17. The van der Waals surface area contributed by atoms with Gasteiger partial charge in [-0.15, -0.1) is 0 Å². The van der Waals surface area contributed by atoms with Gasteiger partial charge in [0.15, 0.2) is 0 Å². The molecule has 0 aliphatic carbocycles. The zero-order valence-electron chi connectivity index (χ0n) is 8.21. The molecule has 0 bridgehead atoms. The Morgan fingerprint density at radius 3 is 2.87 bits per heavy atom. The topological polar surface area (TPSA) is 73.8 Å². The quantitative estimate of drug-likeness (QED) is 0.725. The number of ketones is 1. The van der Waals surface area contributed by atoms with Crippen molar-refractivity contribution in [3.05, 3.63) is 41.9 Å². The first kappa shape index (κ1) is 9.39. The minimum Gasteiger partial charge on any atom is -0.383 e. The van der Waals surface area contributed by atoms with Crippen molar-refractivity contribution in [2.75, 3.05) is 5.73 Å². The van der Waals surface area contributed by atoms with Gasteiger partial charge in [0.05, 0.1) is 5.56 Å². The van der Waals surface area contributed by atoms with E-state index in [-0.39, 0.29) is 11.6 Å². The minimum absolute atomic E-state index is 0.207. The SMILES string of the molecule is Cn1ccc(C(=O)c2cccnc2N)n1. The Balaban J connectivity index is 2.41. The van der Waals surface area contributed by atoms with Gasteiger partial charge >= 0.3 is 0 Å². The largest absolute Gasteiger partial charge is 0.383 e. The van der Waals surface area contributed by atoms with E-state index in [9.17, 15) is 4.79 Å². The van der Waals surface area contributed by atoms with E-state index in [4.69, 9.17) is 5.73 Å². The van der Waals surface area contributed by atoms with Crippen molar-refractivity contribution in [2.24, 2.45) is 7.05 Å². The van der Waals surface area contributed by atoms with Crippen LogP contribution in [0.5, 0.6) is 0 Å². The van der Waals surface area contributed by atoms with Crippen molar-refractivity contribution in [1.29, 1.82) is 0 Å². The van der Waals surface area contributed by atoms with Gasteiger partial charge in [-0.2, -0.15) is 5.10 Å². The highest BCUT2D eigenvalue weighted by molar-refractivity contribution is 6.10. The predicted molar refractivity (Wildman–Crippen MR) is 55.3 cm³/mol. The Morgan fingerprint density at radius 1 is 1.47 bits per heavy atom. The van der Waals surface area contributed by atoms with Gasteiger partial charge in [0.2, 0.25) is 5.78 Å². The van der Waals surface area contributed by atoms with E-state index in [1.54, 1.807) is 42.3 Å². The fourth-order valence-corrected chi connectivity index (χ4v) is 1.28.